The summed E-state index contributed by atoms with van der Waals surface area (Å²) in [6.07, 6.45) is 0. The quantitative estimate of drug-likeness (QED) is 0.360. The van der Waals surface area contributed by atoms with E-state index in [0.29, 0.717) is 24.3 Å². The molecule has 5 nitrogen and oxygen atoms in total. The first-order valence-corrected chi connectivity index (χ1v) is 12.2. The van der Waals surface area contributed by atoms with Crippen LogP contribution in [0.3, 0.4) is 0 Å². The summed E-state index contributed by atoms with van der Waals surface area (Å²) >= 11 is 0. The van der Waals surface area contributed by atoms with Crippen LogP contribution in [-0.4, -0.2) is 53.6 Å². The number of carbonyl (C=O) groups is 1. The molecule has 1 aliphatic rings. The van der Waals surface area contributed by atoms with Gasteiger partial charge in [0.15, 0.2) is 0 Å². The molecule has 1 amide bonds. The van der Waals surface area contributed by atoms with Crippen LogP contribution < -0.4 is 4.74 Å². The maximum atomic E-state index is 14.9. The van der Waals surface area contributed by atoms with E-state index in [9.17, 15) is 9.18 Å². The summed E-state index contributed by atoms with van der Waals surface area (Å²) in [7, 11) is 1.62. The van der Waals surface area contributed by atoms with Crippen molar-refractivity contribution in [2.75, 3.05) is 33.3 Å². The summed E-state index contributed by atoms with van der Waals surface area (Å²) in [5.41, 5.74) is 4.68. The van der Waals surface area contributed by atoms with Crippen molar-refractivity contribution in [1.82, 2.24) is 14.4 Å². The zero-order valence-electron chi connectivity index (χ0n) is 20.7. The normalized spacial score (nSPS) is 14.1. The average molecular weight is 484 g/mol. The Bertz CT molecular complexity index is 1340. The number of methoxy groups -OCH3 is 1. The third-order valence-electron chi connectivity index (χ3n) is 6.87. The summed E-state index contributed by atoms with van der Waals surface area (Å²) in [5.74, 6) is 0.389. The monoisotopic (exact) mass is 483 g/mol. The molecule has 0 unspecified atom stereocenters. The van der Waals surface area contributed by atoms with E-state index in [0.717, 1.165) is 42.3 Å². The molecule has 0 bridgehead atoms. The number of benzene rings is 3. The highest BCUT2D eigenvalue weighted by Gasteiger charge is 2.27. The number of rotatable bonds is 6. The van der Waals surface area contributed by atoms with Crippen LogP contribution in [0, 0.1) is 12.7 Å². The molecule has 36 heavy (non-hydrogen) atoms. The number of hydrogen-bond acceptors (Lipinski definition) is 3. The molecule has 4 aromatic rings. The van der Waals surface area contributed by atoms with Gasteiger partial charge in [0.25, 0.3) is 5.91 Å². The van der Waals surface area contributed by atoms with Crippen LogP contribution >= 0.6 is 0 Å². The number of ether oxygens (including phenoxy) is 1. The maximum absolute atomic E-state index is 14.9. The van der Waals surface area contributed by atoms with Gasteiger partial charge >= 0.3 is 0 Å². The molecule has 5 rings (SSSR count). The lowest BCUT2D eigenvalue weighted by atomic mass is 10.1. The number of carbonyl (C=O) groups excluding carboxylic acids is 1. The third-order valence-corrected chi connectivity index (χ3v) is 6.87. The van der Waals surface area contributed by atoms with Gasteiger partial charge in [0, 0.05) is 38.4 Å². The van der Waals surface area contributed by atoms with Crippen molar-refractivity contribution in [3.8, 4) is 22.7 Å². The Morgan fingerprint density at radius 2 is 1.56 bits per heavy atom. The number of hydrogen-bond donors (Lipinski definition) is 0. The van der Waals surface area contributed by atoms with Gasteiger partial charge in [0.2, 0.25) is 0 Å². The van der Waals surface area contributed by atoms with Crippen molar-refractivity contribution in [3.05, 3.63) is 108 Å². The van der Waals surface area contributed by atoms with Crippen molar-refractivity contribution in [3.63, 3.8) is 0 Å². The Balaban J connectivity index is 1.43. The van der Waals surface area contributed by atoms with Crippen molar-refractivity contribution < 1.29 is 13.9 Å². The molecule has 1 aliphatic heterocycles. The second-order valence-electron chi connectivity index (χ2n) is 9.10. The fraction of sp³-hybridized carbons (Fsp3) is 0.233. The third kappa shape index (κ3) is 4.77. The van der Waals surface area contributed by atoms with Crippen LogP contribution in [0.5, 0.6) is 5.75 Å². The molecule has 1 saturated heterocycles. The Hall–Kier alpha value is -3.90. The number of aromatic nitrogens is 1. The van der Waals surface area contributed by atoms with Gasteiger partial charge in [0.05, 0.1) is 24.1 Å². The van der Waals surface area contributed by atoms with Crippen molar-refractivity contribution >= 4 is 5.91 Å². The number of para-hydroxylation sites is 1. The highest BCUT2D eigenvalue weighted by molar-refractivity contribution is 5.97. The van der Waals surface area contributed by atoms with E-state index in [4.69, 9.17) is 4.74 Å². The minimum Gasteiger partial charge on any atom is -0.497 e. The summed E-state index contributed by atoms with van der Waals surface area (Å²) in [6, 6.07) is 26.6. The Kier molecular flexibility index (Phi) is 6.87. The van der Waals surface area contributed by atoms with E-state index < -0.39 is 0 Å². The average Bonchev–Trinajstić information content (AvgIpc) is 3.26. The molecule has 0 aliphatic carbocycles. The lowest BCUT2D eigenvalue weighted by Crippen LogP contribution is -2.48. The van der Waals surface area contributed by atoms with E-state index in [-0.39, 0.29) is 11.7 Å². The summed E-state index contributed by atoms with van der Waals surface area (Å²) in [4.78, 5) is 18.0. The molecule has 1 aromatic heterocycles. The van der Waals surface area contributed by atoms with Gasteiger partial charge in [-0.05, 0) is 60.5 Å². The van der Waals surface area contributed by atoms with E-state index >= 15 is 0 Å². The van der Waals surface area contributed by atoms with Gasteiger partial charge in [-0.1, -0.05) is 42.5 Å². The Morgan fingerprint density at radius 3 is 2.22 bits per heavy atom. The predicted molar refractivity (Wildman–Crippen MR) is 140 cm³/mol. The maximum Gasteiger partial charge on any atom is 0.255 e. The van der Waals surface area contributed by atoms with E-state index in [1.807, 2.05) is 58.9 Å². The number of piperazine rings is 1. The first-order valence-electron chi connectivity index (χ1n) is 12.2. The fourth-order valence-electron chi connectivity index (χ4n) is 4.86. The minimum atomic E-state index is -0.334. The van der Waals surface area contributed by atoms with Crippen LogP contribution in [0.15, 0.2) is 84.9 Å². The first kappa shape index (κ1) is 23.8. The smallest absolute Gasteiger partial charge is 0.255 e. The molecule has 0 saturated carbocycles. The second kappa shape index (κ2) is 10.4. The molecule has 0 atom stereocenters. The Morgan fingerprint density at radius 1 is 0.889 bits per heavy atom. The van der Waals surface area contributed by atoms with Gasteiger partial charge in [0.1, 0.15) is 11.6 Å². The van der Waals surface area contributed by atoms with E-state index in [1.54, 1.807) is 19.2 Å². The number of amides is 1. The van der Waals surface area contributed by atoms with E-state index in [2.05, 4.69) is 29.2 Å². The predicted octanol–water partition coefficient (Wildman–Crippen LogP) is 5.56. The number of nitrogens with zero attached hydrogens (tertiary/aromatic N) is 3. The second-order valence-corrected chi connectivity index (χ2v) is 9.10. The lowest BCUT2D eigenvalue weighted by molar-refractivity contribution is 0.0628. The van der Waals surface area contributed by atoms with Gasteiger partial charge in [-0.3, -0.25) is 9.69 Å². The molecule has 0 spiro atoms. The van der Waals surface area contributed by atoms with Crippen LogP contribution in [0.25, 0.3) is 16.9 Å². The van der Waals surface area contributed by atoms with Gasteiger partial charge in [-0.15, -0.1) is 0 Å². The van der Waals surface area contributed by atoms with Crippen molar-refractivity contribution in [2.45, 2.75) is 13.5 Å². The van der Waals surface area contributed by atoms with Crippen LogP contribution in [0.1, 0.15) is 21.6 Å². The highest BCUT2D eigenvalue weighted by atomic mass is 19.1. The molecule has 184 valence electrons. The topological polar surface area (TPSA) is 37.7 Å². The SMILES string of the molecule is COc1ccc(-c2cc(C(=O)N3CCN(Cc4ccccc4)CC3)c(C)n2-c2ccccc2F)cc1. The molecule has 0 N–H and O–H groups in total. The summed E-state index contributed by atoms with van der Waals surface area (Å²) < 4.78 is 22.1. The zero-order valence-corrected chi connectivity index (χ0v) is 20.7. The van der Waals surface area contributed by atoms with Crippen molar-refractivity contribution in [2.24, 2.45) is 0 Å². The van der Waals surface area contributed by atoms with Crippen LogP contribution in [0.4, 0.5) is 4.39 Å². The summed E-state index contributed by atoms with van der Waals surface area (Å²) in [5, 5.41) is 0. The molecular formula is C30H30FN3O2. The molecule has 0 radical (unpaired) electrons. The van der Waals surface area contributed by atoms with Crippen molar-refractivity contribution in [1.29, 1.82) is 0 Å². The molecule has 3 aromatic carbocycles. The van der Waals surface area contributed by atoms with E-state index in [1.165, 1.54) is 11.6 Å². The van der Waals surface area contributed by atoms with Gasteiger partial charge < -0.3 is 14.2 Å². The number of halogens is 1. The summed E-state index contributed by atoms with van der Waals surface area (Å²) in [6.45, 7) is 5.73. The lowest BCUT2D eigenvalue weighted by Gasteiger charge is -2.34. The largest absolute Gasteiger partial charge is 0.497 e. The standard InChI is InChI=1S/C30H30FN3O2/c1-22-26(30(35)33-18-16-32(17-19-33)21-23-8-4-3-5-9-23)20-29(24-12-14-25(36-2)15-13-24)34(22)28-11-7-6-10-27(28)31/h3-15,20H,16-19,21H2,1-2H3. The molecule has 6 heteroatoms. The van der Waals surface area contributed by atoms with Gasteiger partial charge in [-0.2, -0.15) is 0 Å². The molecule has 2 heterocycles. The highest BCUT2D eigenvalue weighted by Crippen LogP contribution is 2.32. The van der Waals surface area contributed by atoms with Gasteiger partial charge in [-0.25, -0.2) is 4.39 Å². The first-order chi connectivity index (χ1) is 17.5. The zero-order chi connectivity index (χ0) is 25.1. The molecular weight excluding hydrogens is 453 g/mol. The van der Waals surface area contributed by atoms with Crippen LogP contribution in [-0.2, 0) is 6.54 Å². The molecule has 1 fully saturated rings. The Labute approximate surface area is 211 Å². The minimum absolute atomic E-state index is 0.0169. The fourth-order valence-corrected chi connectivity index (χ4v) is 4.86. The van der Waals surface area contributed by atoms with Crippen LogP contribution in [0.2, 0.25) is 0 Å².